The molecule has 1 aliphatic rings. The zero-order valence-electron chi connectivity index (χ0n) is 7.08. The molecule has 0 aromatic heterocycles. The molecular formula is C8H17NO2. The zero-order chi connectivity index (χ0) is 8.10. The first-order valence-corrected chi connectivity index (χ1v) is 4.34. The van der Waals surface area contributed by atoms with Crippen LogP contribution in [0.15, 0.2) is 0 Å². The second-order valence-corrected chi connectivity index (χ2v) is 2.90. The van der Waals surface area contributed by atoms with Gasteiger partial charge in [-0.05, 0) is 12.8 Å². The van der Waals surface area contributed by atoms with Crippen LogP contribution in [0.1, 0.15) is 26.2 Å². The normalized spacial score (nSPS) is 31.1. The molecule has 1 rings (SSSR count). The van der Waals surface area contributed by atoms with Crippen molar-refractivity contribution in [3.05, 3.63) is 0 Å². The van der Waals surface area contributed by atoms with Gasteiger partial charge in [0.1, 0.15) is 0 Å². The first-order valence-electron chi connectivity index (χ1n) is 4.34. The molecule has 0 radical (unpaired) electrons. The summed E-state index contributed by atoms with van der Waals surface area (Å²) in [5.74, 6) is 0. The molecule has 1 aliphatic heterocycles. The van der Waals surface area contributed by atoms with Crippen LogP contribution in [0.25, 0.3) is 0 Å². The number of nitrogens with two attached hydrogens (primary N) is 1. The van der Waals surface area contributed by atoms with Gasteiger partial charge in [-0.25, -0.2) is 0 Å². The molecule has 1 fully saturated rings. The van der Waals surface area contributed by atoms with Crippen LogP contribution in [-0.2, 0) is 9.47 Å². The highest BCUT2D eigenvalue weighted by atomic mass is 16.7. The number of hydrogen-bond donors (Lipinski definition) is 1. The van der Waals surface area contributed by atoms with Gasteiger partial charge in [-0.15, -0.1) is 0 Å². The largest absolute Gasteiger partial charge is 0.350 e. The fraction of sp³-hybridized carbons (Fsp3) is 1.00. The molecule has 66 valence electrons. The zero-order valence-corrected chi connectivity index (χ0v) is 7.08. The van der Waals surface area contributed by atoms with Crippen molar-refractivity contribution in [3.8, 4) is 0 Å². The van der Waals surface area contributed by atoms with Gasteiger partial charge in [-0.3, -0.25) is 0 Å². The van der Waals surface area contributed by atoms with Gasteiger partial charge in [-0.2, -0.15) is 0 Å². The molecule has 1 heterocycles. The van der Waals surface area contributed by atoms with Gasteiger partial charge >= 0.3 is 0 Å². The lowest BCUT2D eigenvalue weighted by Gasteiger charge is -2.08. The maximum Gasteiger partial charge on any atom is 0.158 e. The van der Waals surface area contributed by atoms with Crippen molar-refractivity contribution in [3.63, 3.8) is 0 Å². The maximum atomic E-state index is 5.47. The SMILES string of the molecule is CCCCC1OCC(CN)O1. The number of ether oxygens (including phenoxy) is 2. The average Bonchev–Trinajstić information content (AvgIpc) is 2.48. The van der Waals surface area contributed by atoms with E-state index in [1.54, 1.807) is 0 Å². The number of hydrogen-bond acceptors (Lipinski definition) is 3. The summed E-state index contributed by atoms with van der Waals surface area (Å²) in [6, 6.07) is 0. The van der Waals surface area contributed by atoms with Crippen LogP contribution in [0.3, 0.4) is 0 Å². The Bertz CT molecular complexity index is 108. The van der Waals surface area contributed by atoms with E-state index in [2.05, 4.69) is 6.92 Å². The third-order valence-electron chi connectivity index (χ3n) is 1.87. The Labute approximate surface area is 67.9 Å². The molecular weight excluding hydrogens is 142 g/mol. The summed E-state index contributed by atoms with van der Waals surface area (Å²) in [6.45, 7) is 3.41. The second kappa shape index (κ2) is 4.70. The Morgan fingerprint density at radius 3 is 2.91 bits per heavy atom. The van der Waals surface area contributed by atoms with E-state index in [0.717, 1.165) is 6.42 Å². The van der Waals surface area contributed by atoms with Crippen LogP contribution in [0.2, 0.25) is 0 Å². The van der Waals surface area contributed by atoms with Crippen LogP contribution in [0.5, 0.6) is 0 Å². The summed E-state index contributed by atoms with van der Waals surface area (Å²) in [6.07, 6.45) is 3.52. The number of rotatable bonds is 4. The van der Waals surface area contributed by atoms with E-state index >= 15 is 0 Å². The van der Waals surface area contributed by atoms with Crippen LogP contribution in [-0.4, -0.2) is 25.5 Å². The first-order chi connectivity index (χ1) is 5.36. The summed E-state index contributed by atoms with van der Waals surface area (Å²) in [5.41, 5.74) is 5.42. The van der Waals surface area contributed by atoms with Gasteiger partial charge in [0.2, 0.25) is 0 Å². The van der Waals surface area contributed by atoms with Gasteiger partial charge in [0, 0.05) is 6.54 Å². The molecule has 2 atom stereocenters. The van der Waals surface area contributed by atoms with E-state index in [9.17, 15) is 0 Å². The maximum absolute atomic E-state index is 5.47. The van der Waals surface area contributed by atoms with E-state index < -0.39 is 0 Å². The van der Waals surface area contributed by atoms with Crippen molar-refractivity contribution >= 4 is 0 Å². The van der Waals surface area contributed by atoms with Crippen molar-refractivity contribution in [2.24, 2.45) is 5.73 Å². The highest BCUT2D eigenvalue weighted by molar-refractivity contribution is 4.65. The molecule has 0 aromatic rings. The summed E-state index contributed by atoms with van der Waals surface area (Å²) in [5, 5.41) is 0. The summed E-state index contributed by atoms with van der Waals surface area (Å²) in [7, 11) is 0. The molecule has 3 nitrogen and oxygen atoms in total. The predicted molar refractivity (Wildman–Crippen MR) is 43.2 cm³/mol. The van der Waals surface area contributed by atoms with E-state index in [1.165, 1.54) is 12.8 Å². The standard InChI is InChI=1S/C8H17NO2/c1-2-3-4-8-10-6-7(5-9)11-8/h7-8H,2-6,9H2,1H3. The molecule has 0 bridgehead atoms. The molecule has 0 aliphatic carbocycles. The molecule has 1 saturated heterocycles. The van der Waals surface area contributed by atoms with E-state index in [0.29, 0.717) is 13.2 Å². The smallest absolute Gasteiger partial charge is 0.158 e. The van der Waals surface area contributed by atoms with Gasteiger partial charge in [0.15, 0.2) is 6.29 Å². The predicted octanol–water partition coefficient (Wildman–Crippen LogP) is 0.877. The lowest BCUT2D eigenvalue weighted by Crippen LogP contribution is -2.22. The van der Waals surface area contributed by atoms with E-state index in [-0.39, 0.29) is 12.4 Å². The lowest BCUT2D eigenvalue weighted by atomic mass is 10.2. The number of unbranched alkanes of at least 4 members (excludes halogenated alkanes) is 1. The fourth-order valence-corrected chi connectivity index (χ4v) is 1.15. The topological polar surface area (TPSA) is 44.5 Å². The van der Waals surface area contributed by atoms with Crippen LogP contribution >= 0.6 is 0 Å². The Hall–Kier alpha value is -0.120. The minimum Gasteiger partial charge on any atom is -0.350 e. The molecule has 2 unspecified atom stereocenters. The van der Waals surface area contributed by atoms with Crippen LogP contribution in [0.4, 0.5) is 0 Å². The molecule has 11 heavy (non-hydrogen) atoms. The minimum atomic E-state index is 0.0171. The fourth-order valence-electron chi connectivity index (χ4n) is 1.15. The Kier molecular flexibility index (Phi) is 3.83. The molecule has 0 amide bonds. The third-order valence-corrected chi connectivity index (χ3v) is 1.87. The van der Waals surface area contributed by atoms with E-state index in [4.69, 9.17) is 15.2 Å². The lowest BCUT2D eigenvalue weighted by molar-refractivity contribution is -0.0614. The van der Waals surface area contributed by atoms with Crippen molar-refractivity contribution in [1.29, 1.82) is 0 Å². The van der Waals surface area contributed by atoms with Gasteiger partial charge in [-0.1, -0.05) is 13.3 Å². The first kappa shape index (κ1) is 8.97. The highest BCUT2D eigenvalue weighted by Gasteiger charge is 2.23. The van der Waals surface area contributed by atoms with Crippen LogP contribution < -0.4 is 5.73 Å². The molecule has 3 heteroatoms. The van der Waals surface area contributed by atoms with Crippen molar-refractivity contribution in [2.75, 3.05) is 13.2 Å². The summed E-state index contributed by atoms with van der Waals surface area (Å²) >= 11 is 0. The Balaban J connectivity index is 2.09. The second-order valence-electron chi connectivity index (χ2n) is 2.90. The molecule has 0 saturated carbocycles. The monoisotopic (exact) mass is 159 g/mol. The highest BCUT2D eigenvalue weighted by Crippen LogP contribution is 2.15. The Morgan fingerprint density at radius 1 is 1.55 bits per heavy atom. The quantitative estimate of drug-likeness (QED) is 0.662. The minimum absolute atomic E-state index is 0.0171. The third kappa shape index (κ3) is 2.77. The van der Waals surface area contributed by atoms with Crippen molar-refractivity contribution in [1.82, 2.24) is 0 Å². The van der Waals surface area contributed by atoms with Crippen molar-refractivity contribution < 1.29 is 9.47 Å². The average molecular weight is 159 g/mol. The van der Waals surface area contributed by atoms with Crippen molar-refractivity contribution in [2.45, 2.75) is 38.6 Å². The molecule has 0 aromatic carbocycles. The van der Waals surface area contributed by atoms with Gasteiger partial charge < -0.3 is 15.2 Å². The summed E-state index contributed by atoms with van der Waals surface area (Å²) in [4.78, 5) is 0. The Morgan fingerprint density at radius 2 is 2.36 bits per heavy atom. The molecule has 0 spiro atoms. The van der Waals surface area contributed by atoms with E-state index in [1.807, 2.05) is 0 Å². The van der Waals surface area contributed by atoms with Gasteiger partial charge in [0.25, 0.3) is 0 Å². The molecule has 2 N–H and O–H groups in total. The van der Waals surface area contributed by atoms with Gasteiger partial charge in [0.05, 0.1) is 12.7 Å². The van der Waals surface area contributed by atoms with Crippen LogP contribution in [0, 0.1) is 0 Å². The summed E-state index contributed by atoms with van der Waals surface area (Å²) < 4.78 is 10.8.